The molecule has 3 rings (SSSR count). The van der Waals surface area contributed by atoms with Crippen molar-refractivity contribution in [1.82, 2.24) is 15.0 Å². The van der Waals surface area contributed by atoms with E-state index in [-0.39, 0.29) is 0 Å². The second-order valence-electron chi connectivity index (χ2n) is 5.84. The van der Waals surface area contributed by atoms with Crippen LogP contribution in [-0.4, -0.2) is 25.7 Å². The molecule has 19 heavy (non-hydrogen) atoms. The van der Waals surface area contributed by atoms with Crippen LogP contribution < -0.4 is 0 Å². The van der Waals surface area contributed by atoms with Gasteiger partial charge in [-0.15, -0.1) is 5.10 Å². The molecule has 1 aromatic heterocycles. The average molecular weight is 324 g/mol. The molecule has 1 saturated carbocycles. The molecule has 1 fully saturated rings. The third-order valence-electron chi connectivity index (χ3n) is 4.09. The van der Waals surface area contributed by atoms with Crippen molar-refractivity contribution in [1.29, 1.82) is 0 Å². The van der Waals surface area contributed by atoms with Gasteiger partial charge in [0, 0.05) is 11.0 Å². The molecule has 0 radical (unpaired) electrons. The van der Waals surface area contributed by atoms with Crippen LogP contribution in [0.2, 0.25) is 0 Å². The van der Waals surface area contributed by atoms with Crippen molar-refractivity contribution in [2.45, 2.75) is 44.8 Å². The van der Waals surface area contributed by atoms with Crippen molar-refractivity contribution < 1.29 is 5.11 Å². The number of aliphatic hydroxyl groups is 1. The summed E-state index contributed by atoms with van der Waals surface area (Å²) in [5.41, 5.74) is 1.54. The van der Waals surface area contributed by atoms with Crippen LogP contribution in [0.25, 0.3) is 11.0 Å². The maximum absolute atomic E-state index is 9.99. The first-order valence-corrected chi connectivity index (χ1v) is 7.54. The van der Waals surface area contributed by atoms with Gasteiger partial charge in [0.05, 0.1) is 11.1 Å². The zero-order valence-electron chi connectivity index (χ0n) is 11.0. The molecule has 2 aromatic rings. The minimum atomic E-state index is -0.468. The molecule has 1 aliphatic carbocycles. The van der Waals surface area contributed by atoms with Crippen molar-refractivity contribution in [2.75, 3.05) is 0 Å². The summed E-state index contributed by atoms with van der Waals surface area (Å²) in [4.78, 5) is 0. The van der Waals surface area contributed by atoms with Gasteiger partial charge < -0.3 is 5.11 Å². The summed E-state index contributed by atoms with van der Waals surface area (Å²) >= 11 is 3.49. The molecule has 0 atom stereocenters. The first-order valence-electron chi connectivity index (χ1n) is 6.75. The van der Waals surface area contributed by atoms with Crippen molar-refractivity contribution in [3.05, 3.63) is 22.7 Å². The predicted octanol–water partition coefficient (Wildman–Crippen LogP) is 3.14. The van der Waals surface area contributed by atoms with Crippen LogP contribution in [-0.2, 0) is 6.54 Å². The second kappa shape index (κ2) is 4.87. The molecule has 1 N–H and O–H groups in total. The molecule has 0 spiro atoms. The number of hydrogen-bond donors (Lipinski definition) is 1. The van der Waals surface area contributed by atoms with E-state index in [0.29, 0.717) is 5.92 Å². The maximum Gasteiger partial charge on any atom is 0.113 e. The summed E-state index contributed by atoms with van der Waals surface area (Å²) in [6.07, 6.45) is 3.88. The highest BCUT2D eigenvalue weighted by molar-refractivity contribution is 9.10. The van der Waals surface area contributed by atoms with Crippen molar-refractivity contribution in [3.8, 4) is 0 Å². The monoisotopic (exact) mass is 323 g/mol. The first kappa shape index (κ1) is 13.1. The quantitative estimate of drug-likeness (QED) is 0.923. The lowest BCUT2D eigenvalue weighted by Crippen LogP contribution is -2.31. The summed E-state index contributed by atoms with van der Waals surface area (Å²) in [5, 5.41) is 18.4. The lowest BCUT2D eigenvalue weighted by Gasteiger charge is -2.32. The number of aromatic nitrogens is 3. The van der Waals surface area contributed by atoms with Gasteiger partial charge in [0.25, 0.3) is 0 Å². The number of rotatable bonds is 2. The van der Waals surface area contributed by atoms with Gasteiger partial charge in [-0.25, -0.2) is 4.68 Å². The van der Waals surface area contributed by atoms with E-state index in [2.05, 4.69) is 32.3 Å². The van der Waals surface area contributed by atoms with E-state index in [4.69, 9.17) is 0 Å². The fraction of sp³-hybridized carbons (Fsp3) is 0.571. The number of hydrogen-bond acceptors (Lipinski definition) is 3. The van der Waals surface area contributed by atoms with Gasteiger partial charge in [-0.2, -0.15) is 0 Å². The van der Waals surface area contributed by atoms with E-state index in [1.165, 1.54) is 0 Å². The molecular weight excluding hydrogens is 306 g/mol. The molecule has 4 nitrogen and oxygen atoms in total. The third-order valence-corrected chi connectivity index (χ3v) is 4.58. The van der Waals surface area contributed by atoms with Gasteiger partial charge >= 0.3 is 0 Å². The molecule has 5 heteroatoms. The molecule has 0 aliphatic heterocycles. The molecule has 0 unspecified atom stereocenters. The van der Waals surface area contributed by atoms with E-state index < -0.39 is 5.60 Å². The molecule has 0 amide bonds. The van der Waals surface area contributed by atoms with Crippen LogP contribution in [0.1, 0.15) is 32.6 Å². The van der Waals surface area contributed by atoms with Gasteiger partial charge in [0.15, 0.2) is 0 Å². The van der Waals surface area contributed by atoms with E-state index in [1.54, 1.807) is 0 Å². The van der Waals surface area contributed by atoms with Crippen LogP contribution in [0.3, 0.4) is 0 Å². The van der Waals surface area contributed by atoms with Gasteiger partial charge in [0.1, 0.15) is 5.52 Å². The largest absolute Gasteiger partial charge is 0.390 e. The standard InChI is InChI=1S/C14H18BrN3O/c1-14(19)6-4-10(5-7-14)9-18-13-8-11(15)2-3-12(13)16-17-18/h2-3,8,10,19H,4-7,9H2,1H3/t10-,14-. The summed E-state index contributed by atoms with van der Waals surface area (Å²) in [5.74, 6) is 0.587. The fourth-order valence-electron chi connectivity index (χ4n) is 2.80. The van der Waals surface area contributed by atoms with Gasteiger partial charge in [0.2, 0.25) is 0 Å². The number of benzene rings is 1. The Kier molecular flexibility index (Phi) is 3.35. The van der Waals surface area contributed by atoms with E-state index in [0.717, 1.165) is 47.7 Å². The van der Waals surface area contributed by atoms with Crippen LogP contribution in [0, 0.1) is 5.92 Å². The van der Waals surface area contributed by atoms with E-state index in [9.17, 15) is 5.11 Å². The Morgan fingerprint density at radius 1 is 1.42 bits per heavy atom. The number of nitrogens with zero attached hydrogens (tertiary/aromatic N) is 3. The molecular formula is C14H18BrN3O. The van der Waals surface area contributed by atoms with Crippen LogP contribution >= 0.6 is 15.9 Å². The smallest absolute Gasteiger partial charge is 0.113 e. The first-order chi connectivity index (χ1) is 9.03. The van der Waals surface area contributed by atoms with Gasteiger partial charge in [-0.3, -0.25) is 0 Å². The topological polar surface area (TPSA) is 50.9 Å². The second-order valence-corrected chi connectivity index (χ2v) is 6.76. The van der Waals surface area contributed by atoms with Crippen molar-refractivity contribution in [2.24, 2.45) is 5.92 Å². The maximum atomic E-state index is 9.99. The van der Waals surface area contributed by atoms with Crippen molar-refractivity contribution >= 4 is 27.0 Å². The van der Waals surface area contributed by atoms with Gasteiger partial charge in [-0.05, 0) is 56.7 Å². The Morgan fingerprint density at radius 2 is 2.16 bits per heavy atom. The highest BCUT2D eigenvalue weighted by atomic mass is 79.9. The van der Waals surface area contributed by atoms with Crippen LogP contribution in [0.4, 0.5) is 0 Å². The Bertz CT molecular complexity index is 583. The lowest BCUT2D eigenvalue weighted by atomic mass is 9.80. The number of halogens is 1. The highest BCUT2D eigenvalue weighted by Crippen LogP contribution is 2.32. The molecule has 1 heterocycles. The molecule has 0 saturated heterocycles. The van der Waals surface area contributed by atoms with Crippen LogP contribution in [0.15, 0.2) is 22.7 Å². The minimum Gasteiger partial charge on any atom is -0.390 e. The van der Waals surface area contributed by atoms with Gasteiger partial charge in [-0.1, -0.05) is 21.1 Å². The summed E-state index contributed by atoms with van der Waals surface area (Å²) in [6.45, 7) is 2.83. The van der Waals surface area contributed by atoms with E-state index >= 15 is 0 Å². The normalized spacial score (nSPS) is 27.8. The lowest BCUT2D eigenvalue weighted by molar-refractivity contribution is 0.00545. The predicted molar refractivity (Wildman–Crippen MR) is 77.8 cm³/mol. The van der Waals surface area contributed by atoms with Crippen LogP contribution in [0.5, 0.6) is 0 Å². The van der Waals surface area contributed by atoms with Crippen molar-refractivity contribution in [3.63, 3.8) is 0 Å². The molecule has 102 valence electrons. The average Bonchev–Trinajstić information content (AvgIpc) is 2.75. The molecule has 0 bridgehead atoms. The summed E-state index contributed by atoms with van der Waals surface area (Å²) < 4.78 is 3.04. The highest BCUT2D eigenvalue weighted by Gasteiger charge is 2.29. The van der Waals surface area contributed by atoms with E-state index in [1.807, 2.05) is 23.7 Å². The number of fused-ring (bicyclic) bond motifs is 1. The minimum absolute atomic E-state index is 0.468. The Morgan fingerprint density at radius 3 is 2.89 bits per heavy atom. The SMILES string of the molecule is C[C@]1(O)CC[C@H](Cn2nnc3ccc(Br)cc32)CC1. The third kappa shape index (κ3) is 2.82. The summed E-state index contributed by atoms with van der Waals surface area (Å²) in [7, 11) is 0. The zero-order valence-corrected chi connectivity index (χ0v) is 12.6. The Balaban J connectivity index is 1.77. The molecule has 1 aliphatic rings. The summed E-state index contributed by atoms with van der Waals surface area (Å²) in [6, 6.07) is 6.03. The Hall–Kier alpha value is -0.940. The Labute approximate surface area is 120 Å². The fourth-order valence-corrected chi connectivity index (χ4v) is 3.15. The zero-order chi connectivity index (χ0) is 13.5. The molecule has 1 aromatic carbocycles.